The Hall–Kier alpha value is -0.160. The van der Waals surface area contributed by atoms with E-state index in [4.69, 9.17) is 0 Å². The van der Waals surface area contributed by atoms with Gasteiger partial charge in [-0.2, -0.15) is 0 Å². The SMILES string of the molecule is CCCCCC[S@@](=O)[C@@H]1C=CS(=O)(=O)C1. The molecule has 0 aliphatic carbocycles. The van der Waals surface area contributed by atoms with E-state index in [9.17, 15) is 12.6 Å². The third-order valence-electron chi connectivity index (χ3n) is 2.43. The van der Waals surface area contributed by atoms with Crippen LogP contribution in [0.1, 0.15) is 32.6 Å². The van der Waals surface area contributed by atoms with Crippen molar-refractivity contribution in [3.05, 3.63) is 11.5 Å². The second-order valence-corrected chi connectivity index (χ2v) is 7.55. The van der Waals surface area contributed by atoms with Crippen LogP contribution in [0.2, 0.25) is 0 Å². The molecule has 5 heteroatoms. The molecule has 0 saturated heterocycles. The van der Waals surface area contributed by atoms with E-state index < -0.39 is 20.6 Å². The molecule has 0 amide bonds. The normalized spacial score (nSPS) is 25.5. The van der Waals surface area contributed by atoms with Gasteiger partial charge in [-0.15, -0.1) is 0 Å². The Morgan fingerprint density at radius 3 is 2.60 bits per heavy atom. The maximum absolute atomic E-state index is 11.7. The van der Waals surface area contributed by atoms with Crippen molar-refractivity contribution in [3.8, 4) is 0 Å². The standard InChI is InChI=1S/C10H18O3S2/c1-2-3-4-5-7-14(11)10-6-8-15(12,13)9-10/h6,8,10H,2-5,7,9H2,1H3/t10-,14-/m1/s1. The zero-order valence-corrected chi connectivity index (χ0v) is 10.6. The summed E-state index contributed by atoms with van der Waals surface area (Å²) in [5.74, 6) is 0.665. The van der Waals surface area contributed by atoms with Gasteiger partial charge in [-0.05, 0) is 6.42 Å². The lowest BCUT2D eigenvalue weighted by Crippen LogP contribution is -2.19. The van der Waals surface area contributed by atoms with Gasteiger partial charge >= 0.3 is 0 Å². The van der Waals surface area contributed by atoms with Crippen molar-refractivity contribution in [2.45, 2.75) is 37.9 Å². The molecular weight excluding hydrogens is 232 g/mol. The number of unbranched alkanes of at least 4 members (excludes halogenated alkanes) is 3. The summed E-state index contributed by atoms with van der Waals surface area (Å²) < 4.78 is 33.9. The molecule has 0 unspecified atom stereocenters. The Morgan fingerprint density at radius 2 is 2.07 bits per heavy atom. The lowest BCUT2D eigenvalue weighted by molar-refractivity contribution is 0.605. The van der Waals surface area contributed by atoms with Crippen molar-refractivity contribution in [1.82, 2.24) is 0 Å². The van der Waals surface area contributed by atoms with Gasteiger partial charge in [0.1, 0.15) is 0 Å². The predicted octanol–water partition coefficient (Wildman–Crippen LogP) is 1.63. The molecule has 2 atom stereocenters. The molecular formula is C10H18O3S2. The van der Waals surface area contributed by atoms with Gasteiger partial charge in [0.05, 0.1) is 11.0 Å². The lowest BCUT2D eigenvalue weighted by Gasteiger charge is -2.06. The first-order chi connectivity index (χ1) is 7.05. The van der Waals surface area contributed by atoms with Gasteiger partial charge < -0.3 is 0 Å². The van der Waals surface area contributed by atoms with Crippen LogP contribution < -0.4 is 0 Å². The highest BCUT2D eigenvalue weighted by molar-refractivity contribution is 7.96. The first kappa shape index (κ1) is 12.9. The third-order valence-corrected chi connectivity index (χ3v) is 5.73. The molecule has 0 bridgehead atoms. The summed E-state index contributed by atoms with van der Waals surface area (Å²) in [5.41, 5.74) is 0. The summed E-state index contributed by atoms with van der Waals surface area (Å²) in [6, 6.07) is 0. The minimum atomic E-state index is -3.05. The summed E-state index contributed by atoms with van der Waals surface area (Å²) in [6.45, 7) is 2.13. The number of hydrogen-bond donors (Lipinski definition) is 0. The molecule has 1 aliphatic rings. The number of rotatable bonds is 6. The fourth-order valence-electron chi connectivity index (χ4n) is 1.53. The Bertz CT molecular complexity index is 344. The van der Waals surface area contributed by atoms with E-state index in [1.807, 2.05) is 0 Å². The molecule has 1 heterocycles. The van der Waals surface area contributed by atoms with Crippen LogP contribution in [0, 0.1) is 0 Å². The van der Waals surface area contributed by atoms with Gasteiger partial charge in [0.15, 0.2) is 9.84 Å². The minimum absolute atomic E-state index is 0.0351. The molecule has 0 saturated carbocycles. The minimum Gasteiger partial charge on any atom is -0.259 e. The number of sulfone groups is 1. The van der Waals surface area contributed by atoms with E-state index in [-0.39, 0.29) is 11.0 Å². The molecule has 0 N–H and O–H groups in total. The van der Waals surface area contributed by atoms with Crippen molar-refractivity contribution in [1.29, 1.82) is 0 Å². The highest BCUT2D eigenvalue weighted by atomic mass is 32.2. The maximum atomic E-state index is 11.7. The second-order valence-electron chi connectivity index (χ2n) is 3.84. The quantitative estimate of drug-likeness (QED) is 0.673. The van der Waals surface area contributed by atoms with Crippen LogP contribution >= 0.6 is 0 Å². The van der Waals surface area contributed by atoms with Crippen LogP contribution in [-0.4, -0.2) is 29.4 Å². The smallest absolute Gasteiger partial charge is 0.172 e. The molecule has 0 aromatic carbocycles. The lowest BCUT2D eigenvalue weighted by atomic mass is 10.2. The van der Waals surface area contributed by atoms with Gasteiger partial charge in [0.25, 0.3) is 0 Å². The highest BCUT2D eigenvalue weighted by Gasteiger charge is 2.25. The first-order valence-electron chi connectivity index (χ1n) is 5.33. The van der Waals surface area contributed by atoms with Crippen LogP contribution in [0.4, 0.5) is 0 Å². The molecule has 88 valence electrons. The van der Waals surface area contributed by atoms with Crippen LogP contribution in [0.5, 0.6) is 0 Å². The molecule has 0 spiro atoms. The zero-order chi connectivity index (χ0) is 11.3. The Morgan fingerprint density at radius 1 is 1.33 bits per heavy atom. The van der Waals surface area contributed by atoms with Crippen LogP contribution in [-0.2, 0) is 20.6 Å². The van der Waals surface area contributed by atoms with Gasteiger partial charge in [-0.25, -0.2) is 8.42 Å². The molecule has 0 radical (unpaired) electrons. The van der Waals surface area contributed by atoms with Crippen molar-refractivity contribution >= 4 is 20.6 Å². The fourth-order valence-corrected chi connectivity index (χ4v) is 4.96. The Balaban J connectivity index is 2.28. The Kier molecular flexibility index (Phi) is 4.99. The molecule has 15 heavy (non-hydrogen) atoms. The van der Waals surface area contributed by atoms with E-state index in [2.05, 4.69) is 6.92 Å². The molecule has 1 rings (SSSR count). The largest absolute Gasteiger partial charge is 0.259 e. The summed E-state index contributed by atoms with van der Waals surface area (Å²) in [6.07, 6.45) is 5.92. The fraction of sp³-hybridized carbons (Fsp3) is 0.800. The maximum Gasteiger partial charge on any atom is 0.172 e. The summed E-state index contributed by atoms with van der Waals surface area (Å²) in [5, 5.41) is 0.929. The van der Waals surface area contributed by atoms with Crippen molar-refractivity contribution in [3.63, 3.8) is 0 Å². The monoisotopic (exact) mass is 250 g/mol. The molecule has 0 fully saturated rings. The van der Waals surface area contributed by atoms with Gasteiger partial charge in [0, 0.05) is 22.0 Å². The van der Waals surface area contributed by atoms with Crippen molar-refractivity contribution < 1.29 is 12.6 Å². The van der Waals surface area contributed by atoms with Gasteiger partial charge in [-0.1, -0.05) is 32.3 Å². The number of hydrogen-bond acceptors (Lipinski definition) is 3. The second kappa shape index (κ2) is 5.80. The average molecular weight is 250 g/mol. The third kappa shape index (κ3) is 4.47. The van der Waals surface area contributed by atoms with Gasteiger partial charge in [0.2, 0.25) is 0 Å². The van der Waals surface area contributed by atoms with E-state index in [0.29, 0.717) is 5.75 Å². The molecule has 0 aromatic rings. The average Bonchev–Trinajstić information content (AvgIpc) is 2.53. The van der Waals surface area contributed by atoms with Crippen LogP contribution in [0.25, 0.3) is 0 Å². The first-order valence-corrected chi connectivity index (χ1v) is 8.43. The summed E-state index contributed by atoms with van der Waals surface area (Å²) in [7, 11) is -4.06. The van der Waals surface area contributed by atoms with E-state index >= 15 is 0 Å². The summed E-state index contributed by atoms with van der Waals surface area (Å²) in [4.78, 5) is 0. The van der Waals surface area contributed by atoms with Crippen LogP contribution in [0.3, 0.4) is 0 Å². The van der Waals surface area contributed by atoms with E-state index in [1.165, 1.54) is 5.41 Å². The van der Waals surface area contributed by atoms with Crippen molar-refractivity contribution in [2.24, 2.45) is 0 Å². The van der Waals surface area contributed by atoms with Crippen LogP contribution in [0.15, 0.2) is 11.5 Å². The Labute approximate surface area is 94.3 Å². The predicted molar refractivity (Wildman–Crippen MR) is 63.9 cm³/mol. The van der Waals surface area contributed by atoms with Crippen molar-refractivity contribution in [2.75, 3.05) is 11.5 Å². The van der Waals surface area contributed by atoms with E-state index in [1.54, 1.807) is 6.08 Å². The van der Waals surface area contributed by atoms with E-state index in [0.717, 1.165) is 25.7 Å². The molecule has 1 aliphatic heterocycles. The highest BCUT2D eigenvalue weighted by Crippen LogP contribution is 2.15. The molecule has 3 nitrogen and oxygen atoms in total. The van der Waals surface area contributed by atoms with Gasteiger partial charge in [-0.3, -0.25) is 4.21 Å². The topological polar surface area (TPSA) is 51.2 Å². The molecule has 0 aromatic heterocycles. The zero-order valence-electron chi connectivity index (χ0n) is 9.02. The summed E-state index contributed by atoms with van der Waals surface area (Å²) >= 11 is 0.